The number of pyridine rings is 1. The number of nitrogens with zero attached hydrogens (tertiary/aromatic N) is 1. The van der Waals surface area contributed by atoms with Crippen molar-refractivity contribution >= 4 is 44.6 Å². The van der Waals surface area contributed by atoms with Crippen LogP contribution in [0, 0.1) is 13.8 Å². The molecule has 0 fully saturated rings. The molecule has 5 heteroatoms. The fraction of sp³-hybridized carbons (Fsp3) is 0.0714. The molecule has 0 bridgehead atoms. The van der Waals surface area contributed by atoms with Gasteiger partial charge in [0.05, 0.1) is 11.4 Å². The van der Waals surface area contributed by atoms with E-state index in [1.807, 2.05) is 61.5 Å². The van der Waals surface area contributed by atoms with Gasteiger partial charge in [0.1, 0.15) is 9.71 Å². The molecule has 0 atom stereocenters. The molecule has 0 spiro atoms. The molecule has 3 nitrogen and oxygen atoms in total. The fourth-order valence-electron chi connectivity index (χ4n) is 3.86. The number of rotatable bonds is 4. The molecule has 162 valence electrons. The molecule has 0 aliphatic rings. The molecule has 0 saturated heterocycles. The summed E-state index contributed by atoms with van der Waals surface area (Å²) in [4.78, 5) is 19.5. The van der Waals surface area contributed by atoms with Gasteiger partial charge in [-0.1, -0.05) is 83.4 Å². The number of aromatic nitrogens is 1. The Hall–Kier alpha value is -3.47. The Labute approximate surface area is 201 Å². The molecule has 0 amide bonds. The summed E-state index contributed by atoms with van der Waals surface area (Å²) in [5.41, 5.74) is 13.7. The van der Waals surface area contributed by atoms with Crippen LogP contribution in [0.15, 0.2) is 78.9 Å². The number of carbonyl (C=O) groups is 1. The van der Waals surface area contributed by atoms with Crippen LogP contribution in [0.4, 0.5) is 5.69 Å². The predicted octanol–water partition coefficient (Wildman–Crippen LogP) is 7.71. The van der Waals surface area contributed by atoms with Crippen LogP contribution in [0.5, 0.6) is 0 Å². The number of hydrogen-bond donors (Lipinski definition) is 1. The molecular formula is C28H21ClN2OS. The van der Waals surface area contributed by atoms with Gasteiger partial charge in [0.15, 0.2) is 0 Å². The van der Waals surface area contributed by atoms with Crippen molar-refractivity contribution in [1.82, 2.24) is 4.98 Å². The number of nitrogens with two attached hydrogens (primary N) is 1. The first-order chi connectivity index (χ1) is 15.9. The van der Waals surface area contributed by atoms with E-state index in [1.54, 1.807) is 0 Å². The molecule has 2 N–H and O–H groups in total. The highest BCUT2D eigenvalue weighted by Gasteiger charge is 2.22. The first-order valence-corrected chi connectivity index (χ1v) is 11.8. The molecule has 5 rings (SSSR count). The molecule has 0 radical (unpaired) electrons. The van der Waals surface area contributed by atoms with Gasteiger partial charge < -0.3 is 5.73 Å². The van der Waals surface area contributed by atoms with Gasteiger partial charge >= 0.3 is 0 Å². The SMILES string of the molecule is Cc1ccc(C(=O)c2sc3nc(-c4ccc(C)cc4)cc(-c4ccc(Cl)cc4)c3c2N)cc1. The molecule has 5 aromatic rings. The van der Waals surface area contributed by atoms with Crippen molar-refractivity contribution in [1.29, 1.82) is 0 Å². The lowest BCUT2D eigenvalue weighted by Gasteiger charge is -2.09. The Morgan fingerprint density at radius 2 is 1.42 bits per heavy atom. The Morgan fingerprint density at radius 1 is 0.848 bits per heavy atom. The molecule has 2 aromatic heterocycles. The highest BCUT2D eigenvalue weighted by molar-refractivity contribution is 7.21. The molecule has 2 heterocycles. The quantitative estimate of drug-likeness (QED) is 0.275. The normalized spacial score (nSPS) is 11.1. The lowest BCUT2D eigenvalue weighted by molar-refractivity contribution is 0.104. The van der Waals surface area contributed by atoms with Gasteiger partial charge in [0, 0.05) is 21.5 Å². The van der Waals surface area contributed by atoms with E-state index in [0.29, 0.717) is 21.2 Å². The van der Waals surface area contributed by atoms with Crippen molar-refractivity contribution in [2.24, 2.45) is 0 Å². The maximum atomic E-state index is 13.3. The van der Waals surface area contributed by atoms with E-state index in [1.165, 1.54) is 16.9 Å². The number of carbonyl (C=O) groups excluding carboxylic acids is 1. The third kappa shape index (κ3) is 4.04. The number of halogens is 1. The largest absolute Gasteiger partial charge is 0.397 e. The second-order valence-electron chi connectivity index (χ2n) is 8.15. The smallest absolute Gasteiger partial charge is 0.205 e. The lowest BCUT2D eigenvalue weighted by Crippen LogP contribution is -2.02. The number of nitrogen functional groups attached to an aromatic ring is 1. The minimum absolute atomic E-state index is 0.0885. The van der Waals surface area contributed by atoms with Crippen molar-refractivity contribution in [2.75, 3.05) is 5.73 Å². The second-order valence-corrected chi connectivity index (χ2v) is 9.58. The monoisotopic (exact) mass is 468 g/mol. The zero-order valence-electron chi connectivity index (χ0n) is 18.2. The Balaban J connectivity index is 1.74. The summed E-state index contributed by atoms with van der Waals surface area (Å²) in [6.45, 7) is 4.06. The van der Waals surface area contributed by atoms with E-state index in [2.05, 4.69) is 31.2 Å². The molecule has 33 heavy (non-hydrogen) atoms. The zero-order chi connectivity index (χ0) is 23.1. The Morgan fingerprint density at radius 3 is 2.06 bits per heavy atom. The minimum Gasteiger partial charge on any atom is -0.397 e. The molecule has 3 aromatic carbocycles. The van der Waals surface area contributed by atoms with Crippen LogP contribution in [0.25, 0.3) is 32.6 Å². The summed E-state index contributed by atoms with van der Waals surface area (Å²) in [6, 6.07) is 25.5. The van der Waals surface area contributed by atoms with Crippen molar-refractivity contribution < 1.29 is 4.79 Å². The summed E-state index contributed by atoms with van der Waals surface area (Å²) in [6.07, 6.45) is 0. The number of benzene rings is 3. The maximum Gasteiger partial charge on any atom is 0.205 e. The number of hydrogen-bond acceptors (Lipinski definition) is 4. The molecule has 0 aliphatic carbocycles. The van der Waals surface area contributed by atoms with Crippen molar-refractivity contribution in [2.45, 2.75) is 13.8 Å². The third-order valence-electron chi connectivity index (χ3n) is 5.72. The van der Waals surface area contributed by atoms with Crippen molar-refractivity contribution in [3.8, 4) is 22.4 Å². The van der Waals surface area contributed by atoms with Gasteiger partial charge in [-0.2, -0.15) is 0 Å². The second kappa shape index (κ2) is 8.47. The number of ketones is 1. The Bertz CT molecular complexity index is 1490. The summed E-state index contributed by atoms with van der Waals surface area (Å²) >= 11 is 7.48. The number of fused-ring (bicyclic) bond motifs is 1. The highest BCUT2D eigenvalue weighted by Crippen LogP contribution is 2.42. The van der Waals surface area contributed by atoms with E-state index in [4.69, 9.17) is 22.3 Å². The van der Waals surface area contributed by atoms with E-state index in [-0.39, 0.29) is 5.78 Å². The number of anilines is 1. The minimum atomic E-state index is -0.0885. The van der Waals surface area contributed by atoms with Gasteiger partial charge in [-0.05, 0) is 43.2 Å². The van der Waals surface area contributed by atoms with Crippen molar-refractivity contribution in [3.63, 3.8) is 0 Å². The summed E-state index contributed by atoms with van der Waals surface area (Å²) in [5, 5.41) is 1.46. The van der Waals surface area contributed by atoms with Gasteiger partial charge in [-0.3, -0.25) is 4.79 Å². The van der Waals surface area contributed by atoms with E-state index in [0.717, 1.165) is 38.2 Å². The van der Waals surface area contributed by atoms with Crippen LogP contribution in [0.1, 0.15) is 26.4 Å². The zero-order valence-corrected chi connectivity index (χ0v) is 19.8. The summed E-state index contributed by atoms with van der Waals surface area (Å²) in [7, 11) is 0. The third-order valence-corrected chi connectivity index (χ3v) is 7.07. The van der Waals surface area contributed by atoms with Gasteiger partial charge in [0.25, 0.3) is 0 Å². The molecule has 0 unspecified atom stereocenters. The average Bonchev–Trinajstić information content (AvgIpc) is 3.16. The average molecular weight is 469 g/mol. The van der Waals surface area contributed by atoms with Gasteiger partial charge in [0.2, 0.25) is 5.78 Å². The molecule has 0 aliphatic heterocycles. The van der Waals surface area contributed by atoms with Crippen LogP contribution in [-0.4, -0.2) is 10.8 Å². The first-order valence-electron chi connectivity index (χ1n) is 10.6. The first kappa shape index (κ1) is 21.4. The van der Waals surface area contributed by atoms with E-state index < -0.39 is 0 Å². The topological polar surface area (TPSA) is 56.0 Å². The predicted molar refractivity (Wildman–Crippen MR) is 139 cm³/mol. The Kier molecular flexibility index (Phi) is 5.49. The highest BCUT2D eigenvalue weighted by atomic mass is 35.5. The number of thiophene rings is 1. The molecule has 0 saturated carbocycles. The van der Waals surface area contributed by atoms with Crippen LogP contribution >= 0.6 is 22.9 Å². The lowest BCUT2D eigenvalue weighted by atomic mass is 9.98. The molecular weight excluding hydrogens is 448 g/mol. The van der Waals surface area contributed by atoms with Gasteiger partial charge in [-0.25, -0.2) is 4.98 Å². The summed E-state index contributed by atoms with van der Waals surface area (Å²) < 4.78 is 0. The van der Waals surface area contributed by atoms with E-state index in [9.17, 15) is 4.79 Å². The summed E-state index contributed by atoms with van der Waals surface area (Å²) in [5.74, 6) is -0.0885. The number of aryl methyl sites for hydroxylation is 2. The fourth-order valence-corrected chi connectivity index (χ4v) is 5.06. The van der Waals surface area contributed by atoms with Crippen LogP contribution in [0.2, 0.25) is 5.02 Å². The van der Waals surface area contributed by atoms with Crippen LogP contribution in [-0.2, 0) is 0 Å². The maximum absolute atomic E-state index is 13.3. The van der Waals surface area contributed by atoms with Crippen LogP contribution < -0.4 is 5.73 Å². The van der Waals surface area contributed by atoms with E-state index >= 15 is 0 Å². The van der Waals surface area contributed by atoms with Crippen molar-refractivity contribution in [3.05, 3.63) is 105 Å². The van der Waals surface area contributed by atoms with Crippen LogP contribution in [0.3, 0.4) is 0 Å². The standard InChI is InChI=1S/C28H21ClN2OS/c1-16-3-7-19(8-4-16)23-15-22(18-11-13-21(29)14-12-18)24-25(30)27(33-28(24)31-23)26(32)20-9-5-17(2)6-10-20/h3-15H,30H2,1-2H3. The van der Waals surface area contributed by atoms with Gasteiger partial charge in [-0.15, -0.1) is 11.3 Å².